The zero-order valence-electron chi connectivity index (χ0n) is 12.4. The van der Waals surface area contributed by atoms with Crippen molar-refractivity contribution in [1.82, 2.24) is 24.5 Å². The van der Waals surface area contributed by atoms with Crippen LogP contribution in [0.15, 0.2) is 8.68 Å². The van der Waals surface area contributed by atoms with Gasteiger partial charge in [0.05, 0.1) is 0 Å². The summed E-state index contributed by atoms with van der Waals surface area (Å²) in [5, 5.41) is 17.7. The quantitative estimate of drug-likeness (QED) is 0.480. The Kier molecular flexibility index (Phi) is 5.42. The molecule has 0 unspecified atom stereocenters. The number of carbonyl (C=O) groups is 2. The summed E-state index contributed by atoms with van der Waals surface area (Å²) >= 11 is 0.918. The maximum absolute atomic E-state index is 12.1. The molecule has 3 N–H and O–H groups in total. The van der Waals surface area contributed by atoms with E-state index in [0.717, 1.165) is 0 Å². The Morgan fingerprint density at radius 1 is 0.760 bits per heavy atom. The summed E-state index contributed by atoms with van der Waals surface area (Å²) in [5.74, 6) is -1.000. The van der Waals surface area contributed by atoms with E-state index < -0.39 is 40.5 Å². The van der Waals surface area contributed by atoms with Gasteiger partial charge in [-0.25, -0.2) is 16.8 Å². The lowest BCUT2D eigenvalue weighted by atomic mass is 10.7. The molecule has 0 aliphatic carbocycles. The molecule has 0 atom stereocenters. The molecule has 2 aromatic rings. The lowest BCUT2D eigenvalue weighted by Crippen LogP contribution is -2.30. The van der Waals surface area contributed by atoms with Crippen LogP contribution in [0, 0.1) is 0 Å². The fourth-order valence-electron chi connectivity index (χ4n) is 1.25. The Bertz CT molecular complexity index is 941. The van der Waals surface area contributed by atoms with Gasteiger partial charge in [-0.2, -0.15) is 0 Å². The highest BCUT2D eigenvalue weighted by atomic mass is 32.3. The molecule has 2 amide bonds. The minimum atomic E-state index is -4.59. The van der Waals surface area contributed by atoms with Crippen molar-refractivity contribution < 1.29 is 26.4 Å². The number of sulfonamides is 2. The molecule has 0 radical (unpaired) electrons. The molecule has 0 fully saturated rings. The van der Waals surface area contributed by atoms with E-state index in [-0.39, 0.29) is 10.3 Å². The molecule has 17 heteroatoms. The van der Waals surface area contributed by atoms with Crippen LogP contribution in [0.4, 0.5) is 10.3 Å². The maximum atomic E-state index is 12.1. The highest BCUT2D eigenvalue weighted by molar-refractivity contribution is 8.06. The number of aromatic nitrogens is 4. The van der Waals surface area contributed by atoms with Crippen molar-refractivity contribution in [2.45, 2.75) is 22.5 Å². The minimum absolute atomic E-state index is 0.117. The highest BCUT2D eigenvalue weighted by Crippen LogP contribution is 2.23. The highest BCUT2D eigenvalue weighted by Gasteiger charge is 2.31. The van der Waals surface area contributed by atoms with E-state index in [1.54, 1.807) is 0 Å². The third kappa shape index (κ3) is 4.95. The number of hydrogen-bond donors (Lipinski definition) is 3. The number of anilines is 2. The first-order valence-corrected chi connectivity index (χ1v) is 10.6. The van der Waals surface area contributed by atoms with Gasteiger partial charge < -0.3 is 10.6 Å². The molecule has 25 heavy (non-hydrogen) atoms. The van der Waals surface area contributed by atoms with Gasteiger partial charge in [0.25, 0.3) is 20.0 Å². The van der Waals surface area contributed by atoms with Gasteiger partial charge in [-0.15, -0.1) is 20.4 Å². The Morgan fingerprint density at radius 3 is 1.44 bits per heavy atom. The summed E-state index contributed by atoms with van der Waals surface area (Å²) in [7, 11) is -9.18. The monoisotopic (exact) mass is 427 g/mol. The molecule has 13 nitrogen and oxygen atoms in total. The van der Waals surface area contributed by atoms with Crippen molar-refractivity contribution in [3.63, 3.8) is 0 Å². The van der Waals surface area contributed by atoms with Crippen LogP contribution in [-0.4, -0.2) is 49.0 Å². The molecule has 2 heterocycles. The average molecular weight is 427 g/mol. The van der Waals surface area contributed by atoms with Crippen LogP contribution in [0.3, 0.4) is 0 Å². The van der Waals surface area contributed by atoms with Gasteiger partial charge in [-0.05, 0) is 0 Å². The predicted octanol–water partition coefficient (Wildman–Crippen LogP) is -1.03. The number of carbonyl (C=O) groups excluding carboxylic acids is 2. The molecule has 0 saturated carbocycles. The zero-order valence-corrected chi connectivity index (χ0v) is 15.6. The second-order valence-electron chi connectivity index (χ2n) is 4.20. The fraction of sp³-hybridized carbons (Fsp3) is 0.250. The molecular formula is C8H9N7O6S4. The van der Waals surface area contributed by atoms with Crippen LogP contribution in [0.25, 0.3) is 0 Å². The van der Waals surface area contributed by atoms with Crippen LogP contribution in [0.2, 0.25) is 0 Å². The van der Waals surface area contributed by atoms with Crippen molar-refractivity contribution in [3.05, 3.63) is 0 Å². The van der Waals surface area contributed by atoms with Crippen LogP contribution in [0.1, 0.15) is 13.8 Å². The van der Waals surface area contributed by atoms with Crippen molar-refractivity contribution in [2.75, 3.05) is 10.6 Å². The largest absolute Gasteiger partial charge is 0.301 e. The summed E-state index contributed by atoms with van der Waals surface area (Å²) in [6, 6.07) is 0. The number of nitrogens with one attached hydrogen (secondary N) is 3. The van der Waals surface area contributed by atoms with Crippen LogP contribution in [0.5, 0.6) is 0 Å². The first kappa shape index (κ1) is 19.2. The van der Waals surface area contributed by atoms with Gasteiger partial charge in [0.1, 0.15) is 0 Å². The second-order valence-corrected chi connectivity index (χ2v) is 10.1. The van der Waals surface area contributed by atoms with Gasteiger partial charge >= 0.3 is 0 Å². The summed E-state index contributed by atoms with van der Waals surface area (Å²) in [4.78, 5) is 21.8. The van der Waals surface area contributed by atoms with E-state index in [9.17, 15) is 26.4 Å². The molecule has 2 rings (SSSR count). The molecule has 0 aromatic carbocycles. The van der Waals surface area contributed by atoms with Crippen molar-refractivity contribution in [3.8, 4) is 0 Å². The third-order valence-electron chi connectivity index (χ3n) is 2.06. The lowest BCUT2D eigenvalue weighted by Gasteiger charge is -2.01. The summed E-state index contributed by atoms with van der Waals surface area (Å²) in [6.07, 6.45) is 0. The normalized spacial score (nSPS) is 11.9. The molecule has 0 saturated heterocycles. The second kappa shape index (κ2) is 7.04. The molecule has 2 aromatic heterocycles. The van der Waals surface area contributed by atoms with Gasteiger partial charge in [0.15, 0.2) is 0 Å². The van der Waals surface area contributed by atoms with E-state index in [4.69, 9.17) is 0 Å². The maximum Gasteiger partial charge on any atom is 0.283 e. The van der Waals surface area contributed by atoms with Crippen LogP contribution in [-0.2, 0) is 29.6 Å². The van der Waals surface area contributed by atoms with E-state index >= 15 is 0 Å². The first-order valence-electron chi connectivity index (χ1n) is 6.00. The fourth-order valence-corrected chi connectivity index (χ4v) is 6.29. The van der Waals surface area contributed by atoms with Crippen LogP contribution >= 0.6 is 22.7 Å². The van der Waals surface area contributed by atoms with E-state index in [1.807, 2.05) is 0 Å². The minimum Gasteiger partial charge on any atom is -0.301 e. The first-order chi connectivity index (χ1) is 11.5. The molecule has 0 spiro atoms. The molecule has 136 valence electrons. The van der Waals surface area contributed by atoms with Gasteiger partial charge in [0, 0.05) is 13.8 Å². The standard InChI is InChI=1S/C8H9N7O6S4/c1-3(16)9-5-11-13-7(22-5)24(18,19)15-25(20,21)8-14-12-6(23-8)10-4(2)17/h15H,1-2H3,(H,9,11,16)(H,10,12,17). The zero-order chi connectivity index (χ0) is 18.8. The molecular weight excluding hydrogens is 418 g/mol. The van der Waals surface area contributed by atoms with E-state index in [0.29, 0.717) is 22.7 Å². The topological polar surface area (TPSA) is 190 Å². The van der Waals surface area contributed by atoms with Crippen molar-refractivity contribution in [2.24, 2.45) is 0 Å². The Hall–Kier alpha value is -2.08. The summed E-state index contributed by atoms with van der Waals surface area (Å²) in [6.45, 7) is 2.36. The van der Waals surface area contributed by atoms with Gasteiger partial charge in [-0.1, -0.05) is 26.8 Å². The molecule has 0 aliphatic heterocycles. The van der Waals surface area contributed by atoms with Gasteiger partial charge in [-0.3, -0.25) is 9.59 Å². The predicted molar refractivity (Wildman–Crippen MR) is 85.9 cm³/mol. The van der Waals surface area contributed by atoms with Gasteiger partial charge in [0.2, 0.25) is 30.8 Å². The summed E-state index contributed by atoms with van der Waals surface area (Å²) < 4.78 is 48.5. The smallest absolute Gasteiger partial charge is 0.283 e. The summed E-state index contributed by atoms with van der Waals surface area (Å²) in [5.41, 5.74) is 0. The van der Waals surface area contributed by atoms with Crippen LogP contribution < -0.4 is 14.8 Å². The Labute approximate surface area is 149 Å². The third-order valence-corrected chi connectivity index (χ3v) is 7.98. The number of rotatable bonds is 6. The molecule has 0 bridgehead atoms. The average Bonchev–Trinajstić information content (AvgIpc) is 3.06. The Morgan fingerprint density at radius 2 is 1.12 bits per heavy atom. The number of amides is 2. The van der Waals surface area contributed by atoms with Crippen molar-refractivity contribution in [1.29, 1.82) is 0 Å². The molecule has 0 aliphatic rings. The van der Waals surface area contributed by atoms with E-state index in [1.165, 1.54) is 18.0 Å². The number of nitrogens with zero attached hydrogens (tertiary/aromatic N) is 4. The lowest BCUT2D eigenvalue weighted by molar-refractivity contribution is -0.115. The van der Waals surface area contributed by atoms with E-state index in [2.05, 4.69) is 31.0 Å². The SMILES string of the molecule is CC(=O)Nc1nnc(S(=O)(=O)NS(=O)(=O)c2nnc(NC(C)=O)s2)s1. The number of hydrogen-bond acceptors (Lipinski definition) is 12. The van der Waals surface area contributed by atoms with Crippen molar-refractivity contribution >= 4 is 64.8 Å². The Balaban J connectivity index is 2.23.